The van der Waals surface area contributed by atoms with Crippen molar-refractivity contribution in [1.82, 2.24) is 14.8 Å². The van der Waals surface area contributed by atoms with Gasteiger partial charge >= 0.3 is 0 Å². The van der Waals surface area contributed by atoms with Crippen LogP contribution in [0.25, 0.3) is 0 Å². The fraction of sp³-hybridized carbons (Fsp3) is 0.118. The molecule has 23 heavy (non-hydrogen) atoms. The third-order valence-corrected chi connectivity index (χ3v) is 3.30. The molecule has 0 spiro atoms. The van der Waals surface area contributed by atoms with Gasteiger partial charge in [-0.25, -0.2) is 4.98 Å². The highest BCUT2D eigenvalue weighted by Crippen LogP contribution is 2.17. The summed E-state index contributed by atoms with van der Waals surface area (Å²) in [6.07, 6.45) is 5.21. The number of nitrogens with one attached hydrogen (secondary N) is 1. The van der Waals surface area contributed by atoms with E-state index in [1.165, 1.54) is 7.11 Å². The molecule has 3 aromatic rings. The van der Waals surface area contributed by atoms with Crippen LogP contribution in [-0.2, 0) is 6.54 Å². The van der Waals surface area contributed by atoms with E-state index in [-0.39, 0.29) is 5.91 Å². The molecule has 1 amide bonds. The van der Waals surface area contributed by atoms with Gasteiger partial charge in [0.2, 0.25) is 5.88 Å². The largest absolute Gasteiger partial charge is 0.480 e. The highest BCUT2D eigenvalue weighted by Gasteiger charge is 2.13. The first-order chi connectivity index (χ1) is 11.3. The van der Waals surface area contributed by atoms with Gasteiger partial charge < -0.3 is 10.1 Å². The van der Waals surface area contributed by atoms with Crippen molar-refractivity contribution in [2.45, 2.75) is 6.54 Å². The average molecular weight is 308 g/mol. The number of aromatic nitrogens is 3. The van der Waals surface area contributed by atoms with E-state index in [1.54, 1.807) is 24.5 Å². The van der Waals surface area contributed by atoms with Gasteiger partial charge in [0.15, 0.2) is 0 Å². The zero-order chi connectivity index (χ0) is 16.1. The molecule has 2 aromatic heterocycles. The second-order valence-corrected chi connectivity index (χ2v) is 4.92. The van der Waals surface area contributed by atoms with Gasteiger partial charge in [-0.05, 0) is 35.9 Å². The average Bonchev–Trinajstić information content (AvgIpc) is 3.08. The van der Waals surface area contributed by atoms with Crippen molar-refractivity contribution in [1.29, 1.82) is 0 Å². The molecule has 0 radical (unpaired) electrons. The van der Waals surface area contributed by atoms with Gasteiger partial charge in [0, 0.05) is 24.3 Å². The van der Waals surface area contributed by atoms with E-state index in [2.05, 4.69) is 15.4 Å². The second-order valence-electron chi connectivity index (χ2n) is 4.92. The normalized spacial score (nSPS) is 10.3. The van der Waals surface area contributed by atoms with Crippen LogP contribution in [0.3, 0.4) is 0 Å². The lowest BCUT2D eigenvalue weighted by Gasteiger charge is -2.09. The Morgan fingerprint density at radius 3 is 2.91 bits per heavy atom. The van der Waals surface area contributed by atoms with Crippen LogP contribution >= 0.6 is 0 Å². The first-order valence-electron chi connectivity index (χ1n) is 7.13. The van der Waals surface area contributed by atoms with Crippen molar-refractivity contribution in [2.24, 2.45) is 0 Å². The number of carbonyl (C=O) groups is 1. The predicted molar refractivity (Wildman–Crippen MR) is 86.5 cm³/mol. The Bertz CT molecular complexity index is 800. The van der Waals surface area contributed by atoms with Crippen LogP contribution in [0.1, 0.15) is 15.9 Å². The number of hydrogen-bond acceptors (Lipinski definition) is 4. The van der Waals surface area contributed by atoms with E-state index in [4.69, 9.17) is 4.74 Å². The Morgan fingerprint density at radius 1 is 1.22 bits per heavy atom. The minimum absolute atomic E-state index is 0.258. The molecule has 1 N–H and O–H groups in total. The van der Waals surface area contributed by atoms with Gasteiger partial charge in [0.05, 0.1) is 13.7 Å². The van der Waals surface area contributed by atoms with Crippen LogP contribution < -0.4 is 10.1 Å². The lowest BCUT2D eigenvalue weighted by atomic mass is 10.2. The second kappa shape index (κ2) is 6.74. The number of nitrogens with zero attached hydrogens (tertiary/aromatic N) is 3. The van der Waals surface area contributed by atoms with E-state index in [1.807, 2.05) is 41.2 Å². The summed E-state index contributed by atoms with van der Waals surface area (Å²) in [5.41, 5.74) is 2.16. The number of methoxy groups -OCH3 is 1. The van der Waals surface area contributed by atoms with Gasteiger partial charge in [-0.15, -0.1) is 0 Å². The summed E-state index contributed by atoms with van der Waals surface area (Å²) in [5.74, 6) is 0.0453. The van der Waals surface area contributed by atoms with Crippen LogP contribution in [0, 0.1) is 0 Å². The van der Waals surface area contributed by atoms with Crippen LogP contribution in [0.5, 0.6) is 5.88 Å². The molecule has 6 nitrogen and oxygen atoms in total. The first kappa shape index (κ1) is 14.8. The zero-order valence-corrected chi connectivity index (χ0v) is 12.6. The molecule has 6 heteroatoms. The third kappa shape index (κ3) is 3.55. The monoisotopic (exact) mass is 308 g/mol. The molecule has 0 aliphatic rings. The van der Waals surface area contributed by atoms with Crippen LogP contribution in [-0.4, -0.2) is 27.8 Å². The molecule has 0 unspecified atom stereocenters. The summed E-state index contributed by atoms with van der Waals surface area (Å²) >= 11 is 0. The fourth-order valence-electron chi connectivity index (χ4n) is 2.25. The predicted octanol–water partition coefficient (Wildman–Crippen LogP) is 2.59. The van der Waals surface area contributed by atoms with Gasteiger partial charge in [0.25, 0.3) is 5.91 Å². The molecule has 116 valence electrons. The number of carbonyl (C=O) groups excluding carboxylic acids is 1. The number of pyridine rings is 1. The van der Waals surface area contributed by atoms with E-state index in [0.29, 0.717) is 23.7 Å². The van der Waals surface area contributed by atoms with E-state index in [9.17, 15) is 4.79 Å². The maximum atomic E-state index is 12.4. The quantitative estimate of drug-likeness (QED) is 0.786. The number of ether oxygens (including phenoxy) is 1. The minimum atomic E-state index is -0.258. The summed E-state index contributed by atoms with van der Waals surface area (Å²) in [4.78, 5) is 16.4. The number of benzene rings is 1. The maximum Gasteiger partial charge on any atom is 0.261 e. The molecular weight excluding hydrogens is 292 g/mol. The summed E-state index contributed by atoms with van der Waals surface area (Å²) in [6.45, 7) is 0.646. The summed E-state index contributed by atoms with van der Waals surface area (Å²) in [6, 6.07) is 12.9. The number of hydrogen-bond donors (Lipinski definition) is 1. The Labute approximate surface area is 133 Å². The van der Waals surface area contributed by atoms with Gasteiger partial charge in [-0.1, -0.05) is 12.1 Å². The highest BCUT2D eigenvalue weighted by molar-refractivity contribution is 6.05. The fourth-order valence-corrected chi connectivity index (χ4v) is 2.25. The lowest BCUT2D eigenvalue weighted by Crippen LogP contribution is -2.14. The molecule has 0 saturated heterocycles. The van der Waals surface area contributed by atoms with Gasteiger partial charge in [-0.3, -0.25) is 9.48 Å². The number of amides is 1. The SMILES string of the molecule is COc1ncccc1C(=O)Nc1cccc(Cn2cccn2)c1. The maximum absolute atomic E-state index is 12.4. The molecule has 0 aliphatic carbocycles. The Balaban J connectivity index is 1.76. The Kier molecular flexibility index (Phi) is 4.33. The molecule has 3 rings (SSSR count). The minimum Gasteiger partial charge on any atom is -0.480 e. The Hall–Kier alpha value is -3.15. The van der Waals surface area contributed by atoms with E-state index in [0.717, 1.165) is 5.56 Å². The third-order valence-electron chi connectivity index (χ3n) is 3.30. The zero-order valence-electron chi connectivity index (χ0n) is 12.6. The lowest BCUT2D eigenvalue weighted by molar-refractivity contribution is 0.102. The molecule has 0 saturated carbocycles. The molecule has 0 fully saturated rings. The van der Waals surface area contributed by atoms with Gasteiger partial charge in [0.1, 0.15) is 5.56 Å². The molecule has 1 aromatic carbocycles. The van der Waals surface area contributed by atoms with Crippen molar-refractivity contribution in [3.05, 3.63) is 72.2 Å². The standard InChI is InChI=1S/C17H16N4O2/c1-23-17-15(7-3-8-18-17)16(22)20-14-6-2-5-13(11-14)12-21-10-4-9-19-21/h2-11H,12H2,1H3,(H,20,22). The Morgan fingerprint density at radius 2 is 2.13 bits per heavy atom. The van der Waals surface area contributed by atoms with E-state index < -0.39 is 0 Å². The van der Waals surface area contributed by atoms with Crippen molar-refractivity contribution in [3.8, 4) is 5.88 Å². The topological polar surface area (TPSA) is 69.0 Å². The smallest absolute Gasteiger partial charge is 0.261 e. The van der Waals surface area contributed by atoms with Gasteiger partial charge in [-0.2, -0.15) is 5.10 Å². The van der Waals surface area contributed by atoms with Crippen molar-refractivity contribution < 1.29 is 9.53 Å². The molecule has 0 atom stereocenters. The molecule has 0 aliphatic heterocycles. The summed E-state index contributed by atoms with van der Waals surface area (Å²) in [7, 11) is 1.49. The number of rotatable bonds is 5. The van der Waals surface area contributed by atoms with Crippen LogP contribution in [0.15, 0.2) is 61.1 Å². The van der Waals surface area contributed by atoms with Crippen LogP contribution in [0.4, 0.5) is 5.69 Å². The van der Waals surface area contributed by atoms with Crippen molar-refractivity contribution in [2.75, 3.05) is 12.4 Å². The van der Waals surface area contributed by atoms with Crippen molar-refractivity contribution in [3.63, 3.8) is 0 Å². The highest BCUT2D eigenvalue weighted by atomic mass is 16.5. The first-order valence-corrected chi connectivity index (χ1v) is 7.13. The van der Waals surface area contributed by atoms with E-state index >= 15 is 0 Å². The molecule has 0 bridgehead atoms. The van der Waals surface area contributed by atoms with Crippen molar-refractivity contribution >= 4 is 11.6 Å². The summed E-state index contributed by atoms with van der Waals surface area (Å²) in [5, 5.41) is 7.04. The van der Waals surface area contributed by atoms with Crippen LogP contribution in [0.2, 0.25) is 0 Å². The molecule has 2 heterocycles. The summed E-state index contributed by atoms with van der Waals surface area (Å²) < 4.78 is 6.94. The molecular formula is C17H16N4O2. The number of anilines is 1.